The summed E-state index contributed by atoms with van der Waals surface area (Å²) in [5, 5.41) is 5.79. The first-order chi connectivity index (χ1) is 14.5. The van der Waals surface area contributed by atoms with E-state index in [1.165, 1.54) is 0 Å². The van der Waals surface area contributed by atoms with Crippen molar-refractivity contribution in [3.05, 3.63) is 59.7 Å². The zero-order chi connectivity index (χ0) is 21.5. The van der Waals surface area contributed by atoms with Gasteiger partial charge in [0.1, 0.15) is 5.75 Å². The fourth-order valence-corrected chi connectivity index (χ4v) is 3.36. The van der Waals surface area contributed by atoms with Crippen LogP contribution < -0.4 is 15.4 Å². The Morgan fingerprint density at radius 2 is 1.73 bits per heavy atom. The molecule has 0 radical (unpaired) electrons. The molecule has 0 saturated carbocycles. The van der Waals surface area contributed by atoms with Crippen LogP contribution in [0.5, 0.6) is 5.75 Å². The fraction of sp³-hybridized carbons (Fsp3) is 0.318. The maximum atomic E-state index is 12.8. The molecule has 0 aromatic heterocycles. The number of benzene rings is 2. The zero-order valence-corrected chi connectivity index (χ0v) is 18.0. The second-order valence-electron chi connectivity index (χ2n) is 7.05. The van der Waals surface area contributed by atoms with Gasteiger partial charge in [0.25, 0.3) is 11.8 Å². The molecule has 2 N–H and O–H groups in total. The lowest BCUT2D eigenvalue weighted by Crippen LogP contribution is -2.47. The summed E-state index contributed by atoms with van der Waals surface area (Å²) in [7, 11) is 2.05. The Morgan fingerprint density at radius 3 is 2.47 bits per heavy atom. The van der Waals surface area contributed by atoms with Crippen LogP contribution in [0.2, 0.25) is 0 Å². The molecule has 1 fully saturated rings. The van der Waals surface area contributed by atoms with E-state index in [4.69, 9.17) is 17.0 Å². The first-order valence-corrected chi connectivity index (χ1v) is 10.3. The number of carbonyl (C=O) groups excluding carboxylic acids is 2. The van der Waals surface area contributed by atoms with Crippen molar-refractivity contribution < 1.29 is 14.3 Å². The van der Waals surface area contributed by atoms with Gasteiger partial charge in [0.15, 0.2) is 5.11 Å². The van der Waals surface area contributed by atoms with Crippen LogP contribution in [0.3, 0.4) is 0 Å². The van der Waals surface area contributed by atoms with E-state index in [-0.39, 0.29) is 16.9 Å². The summed E-state index contributed by atoms with van der Waals surface area (Å²) in [5.74, 6) is 0.285. The van der Waals surface area contributed by atoms with Gasteiger partial charge in [0, 0.05) is 43.0 Å². The van der Waals surface area contributed by atoms with Gasteiger partial charge in [-0.15, -0.1) is 0 Å². The summed E-state index contributed by atoms with van der Waals surface area (Å²) < 4.78 is 5.42. The van der Waals surface area contributed by atoms with Crippen molar-refractivity contribution in [1.29, 1.82) is 0 Å². The molecule has 1 aliphatic heterocycles. The number of rotatable bonds is 5. The van der Waals surface area contributed by atoms with Crippen LogP contribution in [-0.4, -0.2) is 66.6 Å². The summed E-state index contributed by atoms with van der Waals surface area (Å²) in [5.41, 5.74) is 1.68. The lowest BCUT2D eigenvalue weighted by atomic mass is 10.1. The van der Waals surface area contributed by atoms with Crippen LogP contribution in [-0.2, 0) is 0 Å². The van der Waals surface area contributed by atoms with E-state index in [0.29, 0.717) is 42.3 Å². The average molecular weight is 427 g/mol. The minimum absolute atomic E-state index is 0.00515. The van der Waals surface area contributed by atoms with Gasteiger partial charge >= 0.3 is 0 Å². The molecule has 0 spiro atoms. The first kappa shape index (κ1) is 21.7. The van der Waals surface area contributed by atoms with Crippen LogP contribution in [0, 0.1) is 0 Å². The molecule has 0 aliphatic carbocycles. The van der Waals surface area contributed by atoms with E-state index < -0.39 is 0 Å². The molecule has 3 rings (SSSR count). The highest BCUT2D eigenvalue weighted by atomic mass is 32.1. The Kier molecular flexibility index (Phi) is 7.37. The van der Waals surface area contributed by atoms with Crippen LogP contribution in [0.4, 0.5) is 5.69 Å². The van der Waals surface area contributed by atoms with Crippen LogP contribution >= 0.6 is 12.2 Å². The number of carbonyl (C=O) groups is 2. The SMILES string of the molecule is CCOc1cccc(C(=O)NC(=S)Nc2cccc(C(=O)N3CCN(C)CC3)c2)c1. The summed E-state index contributed by atoms with van der Waals surface area (Å²) in [6, 6.07) is 14.0. The number of nitrogens with one attached hydrogen (secondary N) is 2. The monoisotopic (exact) mass is 426 g/mol. The molecule has 30 heavy (non-hydrogen) atoms. The molecule has 158 valence electrons. The van der Waals surface area contributed by atoms with Crippen molar-refractivity contribution in [2.24, 2.45) is 0 Å². The quantitative estimate of drug-likeness (QED) is 0.716. The largest absolute Gasteiger partial charge is 0.494 e. The number of amides is 2. The lowest BCUT2D eigenvalue weighted by molar-refractivity contribution is 0.0664. The van der Waals surface area contributed by atoms with Gasteiger partial charge in [-0.2, -0.15) is 0 Å². The van der Waals surface area contributed by atoms with Crippen LogP contribution in [0.1, 0.15) is 27.6 Å². The Hall–Kier alpha value is -2.97. The van der Waals surface area contributed by atoms with E-state index in [2.05, 4.69) is 22.6 Å². The molecule has 0 atom stereocenters. The van der Waals surface area contributed by atoms with Gasteiger partial charge < -0.3 is 19.9 Å². The second kappa shape index (κ2) is 10.2. The second-order valence-corrected chi connectivity index (χ2v) is 7.45. The predicted octanol–water partition coefficient (Wildman–Crippen LogP) is 2.60. The number of likely N-dealkylation sites (N-methyl/N-ethyl adjacent to an activating group) is 1. The van der Waals surface area contributed by atoms with E-state index in [9.17, 15) is 9.59 Å². The Morgan fingerprint density at radius 1 is 1.03 bits per heavy atom. The maximum absolute atomic E-state index is 12.8. The van der Waals surface area contributed by atoms with Crippen LogP contribution in [0.25, 0.3) is 0 Å². The van der Waals surface area contributed by atoms with Crippen molar-refractivity contribution in [1.82, 2.24) is 15.1 Å². The third-order valence-electron chi connectivity index (χ3n) is 4.79. The first-order valence-electron chi connectivity index (χ1n) is 9.89. The van der Waals surface area contributed by atoms with Crippen molar-refractivity contribution in [2.75, 3.05) is 45.2 Å². The van der Waals surface area contributed by atoms with Gasteiger partial charge in [-0.1, -0.05) is 12.1 Å². The molecule has 0 bridgehead atoms. The number of nitrogens with zero attached hydrogens (tertiary/aromatic N) is 2. The van der Waals surface area contributed by atoms with Crippen molar-refractivity contribution >= 4 is 34.8 Å². The summed E-state index contributed by atoms with van der Waals surface area (Å²) in [4.78, 5) is 29.3. The van der Waals surface area contributed by atoms with Gasteiger partial charge in [-0.25, -0.2) is 0 Å². The van der Waals surface area contributed by atoms with E-state index in [1.807, 2.05) is 11.8 Å². The maximum Gasteiger partial charge on any atom is 0.257 e. The number of thiocarbonyl (C=S) groups is 1. The summed E-state index contributed by atoms with van der Waals surface area (Å²) >= 11 is 5.27. The number of anilines is 1. The summed E-state index contributed by atoms with van der Waals surface area (Å²) in [6.07, 6.45) is 0. The normalized spacial score (nSPS) is 14.1. The van der Waals surface area contributed by atoms with Gasteiger partial charge in [0.2, 0.25) is 0 Å². The molecule has 8 heteroatoms. The van der Waals surface area contributed by atoms with E-state index >= 15 is 0 Å². The smallest absolute Gasteiger partial charge is 0.257 e. The topological polar surface area (TPSA) is 73.9 Å². The van der Waals surface area contributed by atoms with Gasteiger partial charge in [-0.3, -0.25) is 14.9 Å². The highest BCUT2D eigenvalue weighted by Gasteiger charge is 2.20. The van der Waals surface area contributed by atoms with Crippen molar-refractivity contribution in [3.63, 3.8) is 0 Å². The standard InChI is InChI=1S/C22H26N4O3S/c1-3-29-19-9-5-6-16(15-19)20(27)24-22(30)23-18-8-4-7-17(14-18)21(28)26-12-10-25(2)11-13-26/h4-9,14-15H,3,10-13H2,1-2H3,(H2,23,24,27,30). The molecule has 7 nitrogen and oxygen atoms in total. The highest BCUT2D eigenvalue weighted by Crippen LogP contribution is 2.15. The summed E-state index contributed by atoms with van der Waals surface area (Å²) in [6.45, 7) is 5.56. The average Bonchev–Trinajstić information content (AvgIpc) is 2.74. The van der Waals surface area contributed by atoms with Gasteiger partial charge in [-0.05, 0) is 62.6 Å². The number of ether oxygens (including phenoxy) is 1. The Labute approximate surface area is 182 Å². The predicted molar refractivity (Wildman–Crippen MR) is 121 cm³/mol. The molecular formula is C22H26N4O3S. The zero-order valence-electron chi connectivity index (χ0n) is 17.2. The third kappa shape index (κ3) is 5.77. The number of hydrogen-bond acceptors (Lipinski definition) is 5. The number of hydrogen-bond donors (Lipinski definition) is 2. The lowest BCUT2D eigenvalue weighted by Gasteiger charge is -2.32. The third-order valence-corrected chi connectivity index (χ3v) is 5.00. The molecule has 1 aliphatic rings. The van der Waals surface area contributed by atoms with Crippen molar-refractivity contribution in [2.45, 2.75) is 6.92 Å². The molecular weight excluding hydrogens is 400 g/mol. The van der Waals surface area contributed by atoms with Crippen molar-refractivity contribution in [3.8, 4) is 5.75 Å². The molecule has 1 heterocycles. The molecule has 2 aromatic rings. The van der Waals surface area contributed by atoms with E-state index in [0.717, 1.165) is 13.1 Å². The highest BCUT2D eigenvalue weighted by molar-refractivity contribution is 7.80. The number of piperazine rings is 1. The van der Waals surface area contributed by atoms with E-state index in [1.54, 1.807) is 48.5 Å². The molecule has 2 aromatic carbocycles. The molecule has 1 saturated heterocycles. The Bertz CT molecular complexity index is 926. The molecule has 2 amide bonds. The minimum Gasteiger partial charge on any atom is -0.494 e. The fourth-order valence-electron chi connectivity index (χ4n) is 3.15. The van der Waals surface area contributed by atoms with Crippen LogP contribution in [0.15, 0.2) is 48.5 Å². The molecule has 0 unspecified atom stereocenters. The Balaban J connectivity index is 1.60. The van der Waals surface area contributed by atoms with Gasteiger partial charge in [0.05, 0.1) is 6.61 Å². The minimum atomic E-state index is -0.335.